The molecule has 1 saturated heterocycles. The second-order valence-electron chi connectivity index (χ2n) is 11.0. The fraction of sp³-hybridized carbons (Fsp3) is 0.433. The Bertz CT molecular complexity index is 1340. The van der Waals surface area contributed by atoms with E-state index in [1.54, 1.807) is 0 Å². The lowest BCUT2D eigenvalue weighted by Crippen LogP contribution is -2.39. The van der Waals surface area contributed by atoms with Gasteiger partial charge in [0.2, 0.25) is 11.8 Å². The average Bonchev–Trinajstić information content (AvgIpc) is 3.32. The van der Waals surface area contributed by atoms with E-state index in [2.05, 4.69) is 33.9 Å². The van der Waals surface area contributed by atoms with Crippen molar-refractivity contribution in [2.75, 3.05) is 13.1 Å². The molecule has 1 atom stereocenters. The summed E-state index contributed by atoms with van der Waals surface area (Å²) in [4.78, 5) is 18.6. The van der Waals surface area contributed by atoms with E-state index in [-0.39, 0.29) is 23.5 Å². The molecule has 8 nitrogen and oxygen atoms in total. The maximum absolute atomic E-state index is 11.7. The first-order chi connectivity index (χ1) is 18.2. The fourth-order valence-electron chi connectivity index (χ4n) is 4.93. The topological polar surface area (TPSA) is 89.2 Å². The van der Waals surface area contributed by atoms with Gasteiger partial charge in [-0.2, -0.15) is 5.10 Å². The molecule has 1 aromatic heterocycles. The molecule has 2 aliphatic rings. The Labute approximate surface area is 223 Å². The molecular weight excluding hydrogens is 480 g/mol. The van der Waals surface area contributed by atoms with E-state index >= 15 is 0 Å². The van der Waals surface area contributed by atoms with E-state index in [0.717, 1.165) is 66.3 Å². The van der Waals surface area contributed by atoms with Gasteiger partial charge in [0.15, 0.2) is 11.5 Å². The summed E-state index contributed by atoms with van der Waals surface area (Å²) < 4.78 is 18.3. The number of aromatic nitrogens is 1. The van der Waals surface area contributed by atoms with E-state index in [0.29, 0.717) is 17.9 Å². The predicted octanol–water partition coefficient (Wildman–Crippen LogP) is 5.87. The highest BCUT2D eigenvalue weighted by molar-refractivity contribution is 6.07. The Hall–Kier alpha value is -3.81. The average molecular weight is 517 g/mol. The molecule has 1 unspecified atom stereocenters. The Morgan fingerprint density at radius 2 is 1.84 bits per heavy atom. The van der Waals surface area contributed by atoms with Crippen LogP contribution in [0.3, 0.4) is 0 Å². The number of benzene rings is 2. The van der Waals surface area contributed by atoms with Crippen LogP contribution in [0.15, 0.2) is 64.4 Å². The van der Waals surface area contributed by atoms with E-state index in [4.69, 9.17) is 13.9 Å². The van der Waals surface area contributed by atoms with Gasteiger partial charge in [0.05, 0.1) is 5.71 Å². The van der Waals surface area contributed by atoms with Crippen LogP contribution >= 0.6 is 0 Å². The van der Waals surface area contributed by atoms with E-state index in [9.17, 15) is 4.79 Å². The number of oxazole rings is 1. The molecule has 2 aliphatic heterocycles. The van der Waals surface area contributed by atoms with Crippen molar-refractivity contribution in [2.45, 2.75) is 65.1 Å². The van der Waals surface area contributed by atoms with Crippen molar-refractivity contribution in [2.24, 2.45) is 11.0 Å². The van der Waals surface area contributed by atoms with Gasteiger partial charge in [-0.15, -0.1) is 0 Å². The quantitative estimate of drug-likeness (QED) is 0.395. The van der Waals surface area contributed by atoms with Gasteiger partial charge in [0.1, 0.15) is 23.0 Å². The summed E-state index contributed by atoms with van der Waals surface area (Å²) in [6, 6.07) is 13.8. The van der Waals surface area contributed by atoms with Crippen LogP contribution < -0.4 is 10.2 Å². The molecule has 2 aromatic carbocycles. The summed E-state index contributed by atoms with van der Waals surface area (Å²) in [5.41, 5.74) is 6.53. The molecule has 0 radical (unpaired) electrons. The van der Waals surface area contributed by atoms with Gasteiger partial charge in [0, 0.05) is 49.4 Å². The number of hydrazone groups is 1. The van der Waals surface area contributed by atoms with Crippen molar-refractivity contribution in [3.63, 3.8) is 0 Å². The fourth-order valence-corrected chi connectivity index (χ4v) is 4.93. The number of hydrogen-bond donors (Lipinski definition) is 1. The zero-order valence-corrected chi connectivity index (χ0v) is 22.6. The molecule has 1 fully saturated rings. The Morgan fingerprint density at radius 1 is 1.13 bits per heavy atom. The van der Waals surface area contributed by atoms with Crippen molar-refractivity contribution in [1.82, 2.24) is 15.3 Å². The molecule has 200 valence electrons. The third-order valence-corrected chi connectivity index (χ3v) is 6.92. The SMILES string of the molecule is C=C(OC(C)(C)C)N1CCC(Oc2ccc(-c3nc4ccc(C5=NNC(=O)CC5CC)cc4o3)cc2)CC1. The number of nitrogens with zero attached hydrogens (tertiary/aromatic N) is 3. The van der Waals surface area contributed by atoms with Gasteiger partial charge < -0.3 is 18.8 Å². The molecule has 3 aromatic rings. The molecule has 0 saturated carbocycles. The zero-order valence-electron chi connectivity index (χ0n) is 22.6. The first-order valence-corrected chi connectivity index (χ1v) is 13.4. The largest absolute Gasteiger partial charge is 0.490 e. The maximum atomic E-state index is 11.7. The first kappa shape index (κ1) is 25.8. The minimum atomic E-state index is -0.245. The molecule has 38 heavy (non-hydrogen) atoms. The van der Waals surface area contributed by atoms with Crippen LogP contribution in [-0.2, 0) is 9.53 Å². The molecule has 5 rings (SSSR count). The lowest BCUT2D eigenvalue weighted by Gasteiger charge is -2.36. The molecule has 3 heterocycles. The van der Waals surface area contributed by atoms with Crippen molar-refractivity contribution >= 4 is 22.7 Å². The highest BCUT2D eigenvalue weighted by Gasteiger charge is 2.26. The minimum Gasteiger partial charge on any atom is -0.490 e. The number of nitrogens with one attached hydrogen (secondary N) is 1. The van der Waals surface area contributed by atoms with Crippen molar-refractivity contribution in [3.8, 4) is 17.2 Å². The third kappa shape index (κ3) is 5.85. The number of piperidine rings is 1. The first-order valence-electron chi connectivity index (χ1n) is 13.4. The highest BCUT2D eigenvalue weighted by Crippen LogP contribution is 2.29. The summed E-state index contributed by atoms with van der Waals surface area (Å²) in [6.07, 6.45) is 3.27. The minimum absolute atomic E-state index is 0.0434. The molecule has 0 aliphatic carbocycles. The lowest BCUT2D eigenvalue weighted by molar-refractivity contribution is -0.122. The predicted molar refractivity (Wildman–Crippen MR) is 148 cm³/mol. The molecule has 0 spiro atoms. The summed E-state index contributed by atoms with van der Waals surface area (Å²) in [5.74, 6) is 2.17. The number of rotatable bonds is 7. The maximum Gasteiger partial charge on any atom is 0.240 e. The van der Waals surface area contributed by atoms with E-state index < -0.39 is 0 Å². The Kier molecular flexibility index (Phi) is 7.15. The third-order valence-electron chi connectivity index (χ3n) is 6.92. The molecular formula is C30H36N4O4. The van der Waals surface area contributed by atoms with Gasteiger partial charge in [-0.3, -0.25) is 4.79 Å². The van der Waals surface area contributed by atoms with Crippen molar-refractivity contribution in [3.05, 3.63) is 60.5 Å². The number of fused-ring (bicyclic) bond motifs is 1. The second kappa shape index (κ2) is 10.5. The molecule has 1 amide bonds. The van der Waals surface area contributed by atoms with Crippen LogP contribution in [0, 0.1) is 5.92 Å². The van der Waals surface area contributed by atoms with Crippen LogP contribution in [-0.4, -0.2) is 46.3 Å². The number of hydrogen-bond acceptors (Lipinski definition) is 7. The van der Waals surface area contributed by atoms with Crippen molar-refractivity contribution in [1.29, 1.82) is 0 Å². The van der Waals surface area contributed by atoms with E-state index in [1.165, 1.54) is 0 Å². The Morgan fingerprint density at radius 3 is 2.53 bits per heavy atom. The summed E-state index contributed by atoms with van der Waals surface area (Å²) in [5, 5.41) is 4.32. The number of carbonyl (C=O) groups excluding carboxylic acids is 1. The standard InChI is InChI=1S/C30H36N4O4/c1-6-20-18-27(35)32-33-28(20)22-9-12-25-26(17-22)37-29(31-25)21-7-10-23(11-8-21)36-24-13-15-34(16-14-24)19(2)38-30(3,4)5/h7-12,17,20,24H,2,6,13-16,18H2,1,3-5H3,(H,32,35). The Balaban J connectivity index is 1.22. The number of ether oxygens (including phenoxy) is 2. The van der Waals surface area contributed by atoms with Crippen LogP contribution in [0.1, 0.15) is 58.9 Å². The van der Waals surface area contributed by atoms with Gasteiger partial charge in [-0.05, 0) is 70.2 Å². The van der Waals surface area contributed by atoms with Gasteiger partial charge in [-0.1, -0.05) is 13.0 Å². The van der Waals surface area contributed by atoms with Crippen LogP contribution in [0.5, 0.6) is 5.75 Å². The van der Waals surface area contributed by atoms with Crippen LogP contribution in [0.25, 0.3) is 22.6 Å². The monoisotopic (exact) mass is 516 g/mol. The van der Waals surface area contributed by atoms with Crippen molar-refractivity contribution < 1.29 is 18.7 Å². The smallest absolute Gasteiger partial charge is 0.240 e. The summed E-state index contributed by atoms with van der Waals surface area (Å²) in [7, 11) is 0. The lowest BCUT2D eigenvalue weighted by atomic mass is 9.90. The van der Waals surface area contributed by atoms with E-state index in [1.807, 2.05) is 63.2 Å². The van der Waals surface area contributed by atoms with Gasteiger partial charge >= 0.3 is 0 Å². The summed E-state index contributed by atoms with van der Waals surface area (Å²) in [6.45, 7) is 14.0. The van der Waals surface area contributed by atoms with Crippen LogP contribution in [0.4, 0.5) is 0 Å². The zero-order chi connectivity index (χ0) is 26.9. The van der Waals surface area contributed by atoms with Gasteiger partial charge in [-0.25, -0.2) is 10.4 Å². The number of likely N-dealkylation sites (tertiary alicyclic amines) is 1. The molecule has 8 heteroatoms. The molecule has 1 N–H and O–H groups in total. The number of carbonyl (C=O) groups is 1. The highest BCUT2D eigenvalue weighted by atomic mass is 16.5. The summed E-state index contributed by atoms with van der Waals surface area (Å²) >= 11 is 0. The molecule has 0 bridgehead atoms. The van der Waals surface area contributed by atoms with Crippen LogP contribution in [0.2, 0.25) is 0 Å². The normalized spacial score (nSPS) is 18.7. The van der Waals surface area contributed by atoms with Gasteiger partial charge in [0.25, 0.3) is 0 Å². The number of amides is 1. The second-order valence-corrected chi connectivity index (χ2v) is 11.0.